The summed E-state index contributed by atoms with van der Waals surface area (Å²) in [5.74, 6) is 2.13. The zero-order chi connectivity index (χ0) is 26.4. The molecule has 3 fully saturated rings. The predicted molar refractivity (Wildman–Crippen MR) is 163 cm³/mol. The van der Waals surface area contributed by atoms with Crippen LogP contribution in [0.1, 0.15) is 62.8 Å². The van der Waals surface area contributed by atoms with Gasteiger partial charge in [-0.25, -0.2) is 9.97 Å². The molecule has 3 heterocycles. The van der Waals surface area contributed by atoms with Gasteiger partial charge in [0.15, 0.2) is 0 Å². The highest BCUT2D eigenvalue weighted by molar-refractivity contribution is 5.88. The minimum absolute atomic E-state index is 0.578. The fourth-order valence-corrected chi connectivity index (χ4v) is 6.93. The molecule has 1 aliphatic carbocycles. The maximum Gasteiger partial charge on any atom is 0.227 e. The molecule has 3 aromatic rings. The fourth-order valence-electron chi connectivity index (χ4n) is 6.93. The van der Waals surface area contributed by atoms with Gasteiger partial charge in [-0.3, -0.25) is 0 Å². The number of piperazine rings is 1. The Morgan fingerprint density at radius 3 is 2.44 bits per heavy atom. The van der Waals surface area contributed by atoms with E-state index < -0.39 is 0 Å². The van der Waals surface area contributed by atoms with E-state index in [-0.39, 0.29) is 0 Å². The van der Waals surface area contributed by atoms with Crippen LogP contribution >= 0.6 is 0 Å². The van der Waals surface area contributed by atoms with Crippen molar-refractivity contribution in [2.24, 2.45) is 5.92 Å². The summed E-state index contributed by atoms with van der Waals surface area (Å²) >= 11 is 0. The third-order valence-electron chi connectivity index (χ3n) is 9.22. The molecule has 2 saturated heterocycles. The number of anilines is 4. The molecule has 0 atom stereocenters. The number of piperidine rings is 1. The summed E-state index contributed by atoms with van der Waals surface area (Å²) in [7, 11) is 2.01. The van der Waals surface area contributed by atoms with Crippen LogP contribution in [0, 0.1) is 5.92 Å². The second-order valence-electron chi connectivity index (χ2n) is 11.7. The van der Waals surface area contributed by atoms with Gasteiger partial charge in [0.2, 0.25) is 5.95 Å². The van der Waals surface area contributed by atoms with Gasteiger partial charge in [-0.2, -0.15) is 0 Å². The third-order valence-corrected chi connectivity index (χ3v) is 9.22. The van der Waals surface area contributed by atoms with Crippen molar-refractivity contribution in [2.45, 2.75) is 57.3 Å². The van der Waals surface area contributed by atoms with Gasteiger partial charge in [-0.05, 0) is 93.3 Å². The quantitative estimate of drug-likeness (QED) is 0.317. The first-order valence-electron chi connectivity index (χ1n) is 15.3. The first-order chi connectivity index (χ1) is 19.3. The van der Waals surface area contributed by atoms with E-state index in [0.717, 1.165) is 48.7 Å². The number of hydrogen-bond donors (Lipinski definition) is 3. The summed E-state index contributed by atoms with van der Waals surface area (Å²) in [6.45, 7) is 8.34. The predicted octanol–water partition coefficient (Wildman–Crippen LogP) is 5.97. The molecule has 0 bridgehead atoms. The molecular weight excluding hydrogens is 482 g/mol. The maximum absolute atomic E-state index is 5.02. The van der Waals surface area contributed by atoms with E-state index in [1.54, 1.807) is 0 Å². The van der Waals surface area contributed by atoms with Crippen LogP contribution in [0.4, 0.5) is 23.0 Å². The zero-order valence-electron chi connectivity index (χ0n) is 23.6. The number of fused-ring (bicyclic) bond motifs is 1. The first kappa shape index (κ1) is 26.3. The van der Waals surface area contributed by atoms with Gasteiger partial charge in [0, 0.05) is 80.5 Å². The van der Waals surface area contributed by atoms with Crippen molar-refractivity contribution in [1.82, 2.24) is 20.2 Å². The summed E-state index contributed by atoms with van der Waals surface area (Å²) in [6, 6.07) is 13.2. The second kappa shape index (κ2) is 12.5. The highest BCUT2D eigenvalue weighted by atomic mass is 15.2. The van der Waals surface area contributed by atoms with Gasteiger partial charge >= 0.3 is 0 Å². The molecule has 0 amide bonds. The molecule has 1 saturated carbocycles. The number of benzene rings is 2. The molecular formula is C32H45N7. The maximum atomic E-state index is 5.02. The Morgan fingerprint density at radius 1 is 0.923 bits per heavy atom. The minimum atomic E-state index is 0.578. The van der Waals surface area contributed by atoms with E-state index in [1.165, 1.54) is 87.9 Å². The summed E-state index contributed by atoms with van der Waals surface area (Å²) in [5.41, 5.74) is 6.00. The number of aromatic nitrogens is 2. The number of hydrogen-bond acceptors (Lipinski definition) is 7. The topological polar surface area (TPSA) is 68.4 Å². The van der Waals surface area contributed by atoms with Gasteiger partial charge < -0.3 is 25.8 Å². The largest absolute Gasteiger partial charge is 0.388 e. The average molecular weight is 528 g/mol. The van der Waals surface area contributed by atoms with Crippen LogP contribution in [0.2, 0.25) is 0 Å². The van der Waals surface area contributed by atoms with Gasteiger partial charge in [-0.1, -0.05) is 12.8 Å². The van der Waals surface area contributed by atoms with Crippen LogP contribution in [-0.2, 0) is 0 Å². The van der Waals surface area contributed by atoms with Crippen LogP contribution in [-0.4, -0.2) is 67.7 Å². The molecule has 3 aliphatic rings. The van der Waals surface area contributed by atoms with Crippen molar-refractivity contribution in [1.29, 1.82) is 0 Å². The SMILES string of the molecule is CNc1ccc2cnc(Nc3ccc(N4CCC(CCCN5CCNCC5)CC4)cc3)nc2c1C1CCCC1. The standard InChI is InChI=1S/C32H45N7/c1-33-29-13-8-26-23-35-32(37-31(26)30(29)25-6-2-3-7-25)36-27-9-11-28(12-10-27)39-19-14-24(15-20-39)5-4-18-38-21-16-34-17-22-38/h8-13,23-25,33-34H,2-7,14-22H2,1H3,(H,35,36,37). The highest BCUT2D eigenvalue weighted by Crippen LogP contribution is 2.41. The monoisotopic (exact) mass is 527 g/mol. The Labute approximate surface area is 233 Å². The van der Waals surface area contributed by atoms with Crippen LogP contribution in [0.3, 0.4) is 0 Å². The van der Waals surface area contributed by atoms with E-state index in [9.17, 15) is 0 Å². The fraction of sp³-hybridized carbons (Fsp3) is 0.562. The Bertz CT molecular complexity index is 1210. The van der Waals surface area contributed by atoms with Crippen molar-refractivity contribution < 1.29 is 0 Å². The Kier molecular flexibility index (Phi) is 8.45. The van der Waals surface area contributed by atoms with Crippen LogP contribution in [0.25, 0.3) is 10.9 Å². The molecule has 0 unspecified atom stereocenters. The average Bonchev–Trinajstić information content (AvgIpc) is 3.52. The summed E-state index contributed by atoms with van der Waals surface area (Å²) < 4.78 is 0. The van der Waals surface area contributed by atoms with E-state index >= 15 is 0 Å². The number of rotatable bonds is 9. The smallest absolute Gasteiger partial charge is 0.227 e. The van der Waals surface area contributed by atoms with Gasteiger partial charge in [0.1, 0.15) is 0 Å². The normalized spacial score (nSPS) is 19.6. The molecule has 39 heavy (non-hydrogen) atoms. The molecule has 2 aliphatic heterocycles. The Balaban J connectivity index is 1.05. The van der Waals surface area contributed by atoms with Crippen molar-refractivity contribution in [3.63, 3.8) is 0 Å². The third kappa shape index (κ3) is 6.30. The lowest BCUT2D eigenvalue weighted by molar-refractivity contribution is 0.227. The Morgan fingerprint density at radius 2 is 1.69 bits per heavy atom. The van der Waals surface area contributed by atoms with Crippen molar-refractivity contribution in [2.75, 3.05) is 68.4 Å². The van der Waals surface area contributed by atoms with E-state index in [2.05, 4.69) is 67.1 Å². The van der Waals surface area contributed by atoms with Crippen molar-refractivity contribution in [3.8, 4) is 0 Å². The second-order valence-corrected chi connectivity index (χ2v) is 11.7. The van der Waals surface area contributed by atoms with Gasteiger partial charge in [-0.15, -0.1) is 0 Å². The molecule has 7 nitrogen and oxygen atoms in total. The van der Waals surface area contributed by atoms with Crippen LogP contribution < -0.4 is 20.9 Å². The van der Waals surface area contributed by atoms with E-state index in [0.29, 0.717) is 11.9 Å². The lowest BCUT2D eigenvalue weighted by Crippen LogP contribution is -2.43. The molecule has 6 rings (SSSR count). The van der Waals surface area contributed by atoms with Crippen molar-refractivity contribution >= 4 is 33.9 Å². The lowest BCUT2D eigenvalue weighted by atomic mass is 9.92. The number of nitrogens with one attached hydrogen (secondary N) is 3. The molecule has 7 heteroatoms. The Hall–Kier alpha value is -2.90. The molecule has 0 radical (unpaired) electrons. The van der Waals surface area contributed by atoms with Gasteiger partial charge in [0.25, 0.3) is 0 Å². The zero-order valence-corrected chi connectivity index (χ0v) is 23.6. The lowest BCUT2D eigenvalue weighted by Gasteiger charge is -2.34. The summed E-state index contributed by atoms with van der Waals surface area (Å²) in [5, 5.41) is 11.4. The molecule has 208 valence electrons. The van der Waals surface area contributed by atoms with Crippen LogP contribution in [0.5, 0.6) is 0 Å². The molecule has 2 aromatic carbocycles. The molecule has 3 N–H and O–H groups in total. The minimum Gasteiger partial charge on any atom is -0.388 e. The summed E-state index contributed by atoms with van der Waals surface area (Å²) in [6.07, 6.45) is 12.4. The molecule has 0 spiro atoms. The van der Waals surface area contributed by atoms with E-state index in [4.69, 9.17) is 4.98 Å². The summed E-state index contributed by atoms with van der Waals surface area (Å²) in [4.78, 5) is 14.8. The first-order valence-corrected chi connectivity index (χ1v) is 15.3. The van der Waals surface area contributed by atoms with E-state index in [1.807, 2.05) is 13.2 Å². The highest BCUT2D eigenvalue weighted by Gasteiger charge is 2.23. The van der Waals surface area contributed by atoms with Crippen molar-refractivity contribution in [3.05, 3.63) is 48.2 Å². The number of nitrogens with zero attached hydrogens (tertiary/aromatic N) is 4. The van der Waals surface area contributed by atoms with Crippen LogP contribution in [0.15, 0.2) is 42.6 Å². The van der Waals surface area contributed by atoms with Gasteiger partial charge in [0.05, 0.1) is 5.52 Å². The molecule has 1 aromatic heterocycles.